The first kappa shape index (κ1) is 14.3. The Labute approximate surface area is 112 Å². The van der Waals surface area contributed by atoms with Crippen LogP contribution in [-0.2, 0) is 0 Å². The number of nitrogens with one attached hydrogen (secondary N) is 1. The number of nitrogens with zero attached hydrogens (tertiary/aromatic N) is 1. The van der Waals surface area contributed by atoms with E-state index < -0.39 is 0 Å². The maximum Gasteiger partial charge on any atom is 0.0431 e. The van der Waals surface area contributed by atoms with Crippen LogP contribution in [-0.4, -0.2) is 48.8 Å². The Kier molecular flexibility index (Phi) is 6.46. The van der Waals surface area contributed by atoms with E-state index in [1.807, 2.05) is 0 Å². The number of hydrogen-bond acceptors (Lipinski definition) is 3. The van der Waals surface area contributed by atoms with Crippen LogP contribution in [0.5, 0.6) is 0 Å². The summed E-state index contributed by atoms with van der Waals surface area (Å²) < 4.78 is 0. The number of aliphatic hydroxyl groups is 1. The third-order valence-corrected chi connectivity index (χ3v) is 4.31. The van der Waals surface area contributed by atoms with E-state index in [1.54, 1.807) is 0 Å². The van der Waals surface area contributed by atoms with Crippen LogP contribution in [0, 0.1) is 5.92 Å². The topological polar surface area (TPSA) is 35.5 Å². The molecule has 2 aliphatic rings. The summed E-state index contributed by atoms with van der Waals surface area (Å²) in [6, 6.07) is 0.907. The van der Waals surface area contributed by atoms with E-state index >= 15 is 0 Å². The van der Waals surface area contributed by atoms with Crippen LogP contribution in [0.1, 0.15) is 51.4 Å². The van der Waals surface area contributed by atoms with Crippen molar-refractivity contribution in [2.24, 2.45) is 5.92 Å². The van der Waals surface area contributed by atoms with Crippen LogP contribution in [0.4, 0.5) is 0 Å². The van der Waals surface area contributed by atoms with Crippen molar-refractivity contribution in [3.63, 3.8) is 0 Å². The van der Waals surface area contributed by atoms with E-state index in [9.17, 15) is 0 Å². The number of piperidine rings is 1. The highest BCUT2D eigenvalue weighted by molar-refractivity contribution is 4.86. The molecule has 1 aliphatic heterocycles. The molecule has 18 heavy (non-hydrogen) atoms. The Hall–Kier alpha value is -0.120. The minimum atomic E-state index is 0.361. The lowest BCUT2D eigenvalue weighted by Gasteiger charge is -2.30. The molecule has 2 N–H and O–H groups in total. The maximum atomic E-state index is 8.77. The molecule has 3 heteroatoms. The first-order valence-electron chi connectivity index (χ1n) is 7.96. The summed E-state index contributed by atoms with van der Waals surface area (Å²) in [5.74, 6) is 0.886. The average Bonchev–Trinajstić information content (AvgIpc) is 3.23. The molecule has 2 rings (SSSR count). The molecule has 1 aliphatic carbocycles. The number of hydrogen-bond donors (Lipinski definition) is 2. The fourth-order valence-electron chi connectivity index (χ4n) is 3.05. The number of rotatable bonds is 9. The van der Waals surface area contributed by atoms with Crippen LogP contribution in [0.25, 0.3) is 0 Å². The quantitative estimate of drug-likeness (QED) is 0.618. The van der Waals surface area contributed by atoms with Crippen LogP contribution >= 0.6 is 0 Å². The second-order valence-electron chi connectivity index (χ2n) is 6.08. The number of unbranched alkanes of at least 4 members (excludes halogenated alkanes) is 3. The van der Waals surface area contributed by atoms with Crippen LogP contribution in [0.3, 0.4) is 0 Å². The minimum Gasteiger partial charge on any atom is -0.396 e. The normalized spacial score (nSPS) is 24.7. The fraction of sp³-hybridized carbons (Fsp3) is 1.00. The van der Waals surface area contributed by atoms with Gasteiger partial charge in [-0.1, -0.05) is 12.8 Å². The van der Waals surface area contributed by atoms with Crippen molar-refractivity contribution in [3.05, 3.63) is 0 Å². The molecule has 0 bridgehead atoms. The van der Waals surface area contributed by atoms with Gasteiger partial charge < -0.3 is 15.3 Å². The van der Waals surface area contributed by atoms with Gasteiger partial charge >= 0.3 is 0 Å². The van der Waals surface area contributed by atoms with E-state index in [-0.39, 0.29) is 0 Å². The second kappa shape index (κ2) is 8.13. The van der Waals surface area contributed by atoms with Crippen molar-refractivity contribution in [1.29, 1.82) is 0 Å². The van der Waals surface area contributed by atoms with Gasteiger partial charge in [0.1, 0.15) is 0 Å². The maximum absolute atomic E-state index is 8.77. The van der Waals surface area contributed by atoms with E-state index in [4.69, 9.17) is 5.11 Å². The number of aliphatic hydroxyl groups excluding tert-OH is 1. The predicted octanol–water partition coefficient (Wildman–Crippen LogP) is 2.00. The summed E-state index contributed by atoms with van der Waals surface area (Å²) in [5, 5.41) is 12.3. The molecule has 3 nitrogen and oxygen atoms in total. The van der Waals surface area contributed by atoms with Crippen molar-refractivity contribution in [1.82, 2.24) is 10.2 Å². The van der Waals surface area contributed by atoms with Gasteiger partial charge in [-0.25, -0.2) is 0 Å². The third kappa shape index (κ3) is 5.25. The molecule has 0 amide bonds. The van der Waals surface area contributed by atoms with Crippen molar-refractivity contribution in [2.45, 2.75) is 57.4 Å². The Balaban J connectivity index is 1.61. The molecular formula is C15H30N2O. The minimum absolute atomic E-state index is 0.361. The molecule has 1 heterocycles. The molecule has 0 aromatic carbocycles. The van der Waals surface area contributed by atoms with E-state index in [0.29, 0.717) is 6.61 Å². The van der Waals surface area contributed by atoms with Gasteiger partial charge in [-0.2, -0.15) is 0 Å². The molecule has 2 fully saturated rings. The molecule has 1 unspecified atom stereocenters. The monoisotopic (exact) mass is 254 g/mol. The highest BCUT2D eigenvalue weighted by Gasteiger charge is 2.30. The Bertz CT molecular complexity index is 213. The summed E-state index contributed by atoms with van der Waals surface area (Å²) in [7, 11) is 0. The second-order valence-corrected chi connectivity index (χ2v) is 6.08. The smallest absolute Gasteiger partial charge is 0.0431 e. The van der Waals surface area contributed by atoms with E-state index in [0.717, 1.165) is 18.4 Å². The van der Waals surface area contributed by atoms with Crippen LogP contribution in [0.2, 0.25) is 0 Å². The van der Waals surface area contributed by atoms with Gasteiger partial charge in [-0.3, -0.25) is 0 Å². The molecule has 0 aromatic rings. The summed E-state index contributed by atoms with van der Waals surface area (Å²) in [6.07, 6.45) is 10.4. The highest BCUT2D eigenvalue weighted by Crippen LogP contribution is 2.28. The van der Waals surface area contributed by atoms with Crippen molar-refractivity contribution >= 4 is 0 Å². The molecule has 0 radical (unpaired) electrons. The van der Waals surface area contributed by atoms with Gasteiger partial charge in [0.15, 0.2) is 0 Å². The molecule has 1 atom stereocenters. The molecule has 0 aromatic heterocycles. The Morgan fingerprint density at radius 1 is 1.06 bits per heavy atom. The largest absolute Gasteiger partial charge is 0.396 e. The molecule has 106 valence electrons. The van der Waals surface area contributed by atoms with E-state index in [1.165, 1.54) is 71.1 Å². The Morgan fingerprint density at radius 3 is 2.56 bits per heavy atom. The zero-order valence-corrected chi connectivity index (χ0v) is 11.7. The van der Waals surface area contributed by atoms with Crippen LogP contribution in [0.15, 0.2) is 0 Å². The average molecular weight is 254 g/mol. The van der Waals surface area contributed by atoms with Crippen LogP contribution < -0.4 is 5.32 Å². The lowest BCUT2D eigenvalue weighted by atomic mass is 9.99. The first-order chi connectivity index (χ1) is 8.90. The van der Waals surface area contributed by atoms with E-state index in [2.05, 4.69) is 10.2 Å². The SMILES string of the molecule is OCCCCCCN(CC1CCCNC1)C1CC1. The predicted molar refractivity (Wildman–Crippen MR) is 75.7 cm³/mol. The standard InChI is InChI=1S/C15H30N2O/c18-11-4-2-1-3-10-17(15-7-8-15)13-14-6-5-9-16-12-14/h14-16,18H,1-13H2. The summed E-state index contributed by atoms with van der Waals surface area (Å²) in [5.41, 5.74) is 0. The fourth-order valence-corrected chi connectivity index (χ4v) is 3.05. The van der Waals surface area contributed by atoms with Gasteiger partial charge in [0.05, 0.1) is 0 Å². The summed E-state index contributed by atoms with van der Waals surface area (Å²) in [4.78, 5) is 2.75. The highest BCUT2D eigenvalue weighted by atomic mass is 16.2. The molecular weight excluding hydrogens is 224 g/mol. The van der Waals surface area contributed by atoms with Gasteiger partial charge in [-0.05, 0) is 64.1 Å². The molecule has 1 saturated carbocycles. The van der Waals surface area contributed by atoms with Gasteiger partial charge in [-0.15, -0.1) is 0 Å². The van der Waals surface area contributed by atoms with Gasteiger partial charge in [0.25, 0.3) is 0 Å². The van der Waals surface area contributed by atoms with Gasteiger partial charge in [0, 0.05) is 19.2 Å². The zero-order valence-electron chi connectivity index (χ0n) is 11.7. The third-order valence-electron chi connectivity index (χ3n) is 4.31. The van der Waals surface area contributed by atoms with Gasteiger partial charge in [0.2, 0.25) is 0 Å². The Morgan fingerprint density at radius 2 is 1.89 bits per heavy atom. The molecule has 1 saturated heterocycles. The first-order valence-corrected chi connectivity index (χ1v) is 7.96. The summed E-state index contributed by atoms with van der Waals surface area (Å²) in [6.45, 7) is 5.42. The zero-order chi connectivity index (χ0) is 12.6. The lowest BCUT2D eigenvalue weighted by Crippen LogP contribution is -2.39. The lowest BCUT2D eigenvalue weighted by molar-refractivity contribution is 0.195. The van der Waals surface area contributed by atoms with Crippen molar-refractivity contribution in [3.8, 4) is 0 Å². The van der Waals surface area contributed by atoms with Crippen molar-refractivity contribution < 1.29 is 5.11 Å². The van der Waals surface area contributed by atoms with Crippen molar-refractivity contribution in [2.75, 3.05) is 32.8 Å². The molecule has 0 spiro atoms. The summed E-state index contributed by atoms with van der Waals surface area (Å²) >= 11 is 0.